The lowest BCUT2D eigenvalue weighted by Crippen LogP contribution is -2.32. The number of aromatic hydroxyl groups is 1. The first-order chi connectivity index (χ1) is 20.7. The van der Waals surface area contributed by atoms with Crippen molar-refractivity contribution in [2.75, 3.05) is 52.9 Å². The average Bonchev–Trinajstić information content (AvgIpc) is 3.52. The Bertz CT molecular complexity index is 1060. The van der Waals surface area contributed by atoms with Crippen molar-refractivity contribution in [1.29, 1.82) is 0 Å². The van der Waals surface area contributed by atoms with E-state index in [0.29, 0.717) is 41.9 Å². The zero-order chi connectivity index (χ0) is 28.8. The maximum Gasteiger partial charge on any atom is 0.171 e. The molecule has 0 aromatic heterocycles. The van der Waals surface area contributed by atoms with Crippen molar-refractivity contribution in [3.8, 4) is 11.5 Å². The quantitative estimate of drug-likeness (QED) is 0.518. The van der Waals surface area contributed by atoms with Gasteiger partial charge in [-0.3, -0.25) is 0 Å². The predicted molar refractivity (Wildman–Crippen MR) is 156 cm³/mol. The highest BCUT2D eigenvalue weighted by Crippen LogP contribution is 2.65. The van der Waals surface area contributed by atoms with Gasteiger partial charge < -0.3 is 38.6 Å². The molecule has 0 unspecified atom stereocenters. The van der Waals surface area contributed by atoms with Gasteiger partial charge in [0.2, 0.25) is 0 Å². The summed E-state index contributed by atoms with van der Waals surface area (Å²) < 4.78 is 33.8. The van der Waals surface area contributed by atoms with Gasteiger partial charge in [-0.2, -0.15) is 0 Å². The van der Waals surface area contributed by atoms with Gasteiger partial charge in [-0.1, -0.05) is 36.4 Å². The second-order valence-corrected chi connectivity index (χ2v) is 12.3. The van der Waals surface area contributed by atoms with Crippen LogP contribution in [0, 0.1) is 35.5 Å². The molecule has 4 aliphatic carbocycles. The summed E-state index contributed by atoms with van der Waals surface area (Å²) in [6.07, 6.45) is 7.08. The first-order valence-electron chi connectivity index (χ1n) is 15.8. The molecule has 3 saturated heterocycles. The largest absolute Gasteiger partial charge is 0.508 e. The van der Waals surface area contributed by atoms with E-state index in [2.05, 4.69) is 0 Å². The number of hydrogen-bond donors (Lipinski definition) is 2. The monoisotopic (exact) mass is 582 g/mol. The van der Waals surface area contributed by atoms with E-state index >= 15 is 0 Å². The molecule has 9 rings (SSSR count). The number of phenols is 1. The Morgan fingerprint density at radius 3 is 1.60 bits per heavy atom. The van der Waals surface area contributed by atoms with Crippen LogP contribution in [0.2, 0.25) is 0 Å². The van der Waals surface area contributed by atoms with Crippen LogP contribution < -0.4 is 4.74 Å². The zero-order valence-corrected chi connectivity index (χ0v) is 24.5. The van der Waals surface area contributed by atoms with E-state index in [4.69, 9.17) is 38.6 Å². The van der Waals surface area contributed by atoms with Gasteiger partial charge in [-0.05, 0) is 67.7 Å². The molecule has 6 atom stereocenters. The normalized spacial score (nSPS) is 33.4. The van der Waals surface area contributed by atoms with Crippen LogP contribution in [0.3, 0.4) is 0 Å². The number of rotatable bonds is 4. The standard InChI is InChI=1S/C15H18O3.C9H14O3.C6H6O.C4H8O/c1-2-4-11(5-3-1)16-10-13-12-6-7-15(14(12)13)17-8-9-18-15;10-5-7-6-1-2-9(8(6)7)11-3-4-12-9;7-6-4-2-1-3-5-6;1-2-4-5-3-1/h1-5,12-14H,6-10H2;6-8,10H,1-5H2;1-5,7H;1-4H2/t12-,13+,14-;6-,7+,8-;;/m00../s1. The van der Waals surface area contributed by atoms with Gasteiger partial charge in [0, 0.05) is 50.4 Å². The highest BCUT2D eigenvalue weighted by molar-refractivity contribution is 5.22. The van der Waals surface area contributed by atoms with Crippen molar-refractivity contribution in [3.05, 3.63) is 60.7 Å². The molecule has 7 fully saturated rings. The number of ether oxygens (including phenoxy) is 6. The molecule has 0 radical (unpaired) electrons. The van der Waals surface area contributed by atoms with E-state index in [1.165, 1.54) is 25.7 Å². The van der Waals surface area contributed by atoms with Gasteiger partial charge in [0.25, 0.3) is 0 Å². The molecule has 7 aliphatic rings. The summed E-state index contributed by atoms with van der Waals surface area (Å²) in [7, 11) is 0. The van der Waals surface area contributed by atoms with Crippen LogP contribution in [-0.4, -0.2) is 74.6 Å². The van der Waals surface area contributed by atoms with E-state index in [9.17, 15) is 0 Å². The summed E-state index contributed by atoms with van der Waals surface area (Å²) in [5.41, 5.74) is 0. The van der Waals surface area contributed by atoms with Gasteiger partial charge >= 0.3 is 0 Å². The molecule has 8 heteroatoms. The zero-order valence-electron chi connectivity index (χ0n) is 24.5. The number of phenolic OH excluding ortho intramolecular Hbond substituents is 1. The highest BCUT2D eigenvalue weighted by Gasteiger charge is 2.69. The SMILES string of the molecule is C1CCOC1.OC[C@@H]1[C@@H]2CCC3(OCCO3)[C@H]12.Oc1ccccc1.c1ccc(OC[C@@H]2[C@@H]3CCC4(OCCO4)[C@H]23)cc1. The van der Waals surface area contributed by atoms with Crippen LogP contribution >= 0.6 is 0 Å². The van der Waals surface area contributed by atoms with Crippen molar-refractivity contribution < 1.29 is 38.6 Å². The number of para-hydroxylation sites is 2. The van der Waals surface area contributed by atoms with Crippen LogP contribution in [0.25, 0.3) is 0 Å². The smallest absolute Gasteiger partial charge is 0.171 e. The Kier molecular flexibility index (Phi) is 9.68. The summed E-state index contributed by atoms with van der Waals surface area (Å²) in [6.45, 7) is 6.10. The number of hydrogen-bond acceptors (Lipinski definition) is 8. The number of fused-ring (bicyclic) bond motifs is 4. The summed E-state index contributed by atoms with van der Waals surface area (Å²) in [4.78, 5) is 0. The molecule has 2 spiro atoms. The number of aliphatic hydroxyl groups is 1. The minimum atomic E-state index is -0.266. The third-order valence-electron chi connectivity index (χ3n) is 9.86. The molecule has 8 nitrogen and oxygen atoms in total. The first-order valence-corrected chi connectivity index (χ1v) is 15.8. The van der Waals surface area contributed by atoms with Crippen molar-refractivity contribution in [2.24, 2.45) is 35.5 Å². The topological polar surface area (TPSA) is 95.8 Å². The van der Waals surface area contributed by atoms with Gasteiger partial charge in [-0.25, -0.2) is 0 Å². The van der Waals surface area contributed by atoms with Gasteiger partial charge in [0.05, 0.1) is 33.0 Å². The van der Waals surface area contributed by atoms with Crippen LogP contribution in [0.1, 0.15) is 38.5 Å². The van der Waals surface area contributed by atoms with Crippen molar-refractivity contribution >= 4 is 0 Å². The van der Waals surface area contributed by atoms with Gasteiger partial charge in [-0.15, -0.1) is 0 Å². The highest BCUT2D eigenvalue weighted by atomic mass is 16.7. The Morgan fingerprint density at radius 1 is 0.667 bits per heavy atom. The summed E-state index contributed by atoms with van der Waals surface area (Å²) in [5, 5.41) is 17.7. The second-order valence-electron chi connectivity index (χ2n) is 12.3. The average molecular weight is 583 g/mol. The number of aliphatic hydroxyl groups excluding tert-OH is 1. The molecular formula is C34H46O8. The lowest BCUT2D eigenvalue weighted by molar-refractivity contribution is -0.172. The fourth-order valence-corrected chi connectivity index (χ4v) is 7.79. The minimum absolute atomic E-state index is 0.241. The lowest BCUT2D eigenvalue weighted by Gasteiger charge is -2.25. The number of benzene rings is 2. The Morgan fingerprint density at radius 2 is 1.17 bits per heavy atom. The van der Waals surface area contributed by atoms with Gasteiger partial charge in [0.15, 0.2) is 11.6 Å². The summed E-state index contributed by atoms with van der Waals surface area (Å²) in [5.74, 6) is 4.39. The first kappa shape index (κ1) is 29.9. The molecular weight excluding hydrogens is 536 g/mol. The molecule has 3 heterocycles. The van der Waals surface area contributed by atoms with Crippen LogP contribution in [0.15, 0.2) is 60.7 Å². The van der Waals surface area contributed by atoms with Crippen molar-refractivity contribution in [1.82, 2.24) is 0 Å². The Balaban J connectivity index is 0.000000113. The van der Waals surface area contributed by atoms with E-state index in [-0.39, 0.29) is 11.6 Å². The summed E-state index contributed by atoms with van der Waals surface area (Å²) in [6, 6.07) is 18.8. The van der Waals surface area contributed by atoms with Crippen LogP contribution in [-0.2, 0) is 23.7 Å². The maximum absolute atomic E-state index is 9.04. The molecule has 2 aromatic carbocycles. The molecule has 42 heavy (non-hydrogen) atoms. The van der Waals surface area contributed by atoms with E-state index in [1.807, 2.05) is 36.4 Å². The van der Waals surface area contributed by atoms with Gasteiger partial charge in [0.1, 0.15) is 11.5 Å². The maximum atomic E-state index is 9.04. The van der Waals surface area contributed by atoms with Crippen LogP contribution in [0.5, 0.6) is 11.5 Å². The third kappa shape index (κ3) is 6.64. The predicted octanol–water partition coefficient (Wildman–Crippen LogP) is 5.03. The Hall–Kier alpha value is -2.20. The van der Waals surface area contributed by atoms with E-state index in [1.54, 1.807) is 24.3 Å². The van der Waals surface area contributed by atoms with E-state index < -0.39 is 0 Å². The molecule has 4 saturated carbocycles. The minimum Gasteiger partial charge on any atom is -0.508 e. The van der Waals surface area contributed by atoms with Crippen LogP contribution in [0.4, 0.5) is 0 Å². The third-order valence-corrected chi connectivity index (χ3v) is 9.86. The second kappa shape index (κ2) is 13.6. The Labute approximate surface area is 249 Å². The molecule has 230 valence electrons. The lowest BCUT2D eigenvalue weighted by atomic mass is 10.1. The van der Waals surface area contributed by atoms with Crippen molar-refractivity contribution in [3.63, 3.8) is 0 Å². The molecule has 0 bridgehead atoms. The molecule has 2 N–H and O–H groups in total. The summed E-state index contributed by atoms with van der Waals surface area (Å²) >= 11 is 0. The fraction of sp³-hybridized carbons (Fsp3) is 0.647. The van der Waals surface area contributed by atoms with E-state index in [0.717, 1.165) is 70.8 Å². The molecule has 0 amide bonds. The molecule has 3 aliphatic heterocycles. The van der Waals surface area contributed by atoms with Crippen molar-refractivity contribution in [2.45, 2.75) is 50.1 Å². The fourth-order valence-electron chi connectivity index (χ4n) is 7.79. The molecule has 2 aromatic rings.